The summed E-state index contributed by atoms with van der Waals surface area (Å²) in [6, 6.07) is 11.0. The smallest absolute Gasteiger partial charge is 0.234 e. The lowest BCUT2D eigenvalue weighted by atomic mass is 10.1. The summed E-state index contributed by atoms with van der Waals surface area (Å²) in [4.78, 5) is 0. The number of aromatic nitrogens is 2. The van der Waals surface area contributed by atoms with Crippen LogP contribution in [0.4, 0.5) is 0 Å². The maximum atomic E-state index is 2.52. The minimum atomic E-state index is 1.04. The number of aryl methyl sites for hydroxylation is 2. The Morgan fingerprint density at radius 2 is 1.32 bits per heavy atom. The van der Waals surface area contributed by atoms with Gasteiger partial charge in [-0.1, -0.05) is 95.5 Å². The van der Waals surface area contributed by atoms with E-state index < -0.39 is 0 Å². The molecule has 0 aliphatic heterocycles. The van der Waals surface area contributed by atoms with Gasteiger partial charge in [-0.15, -0.1) is 0 Å². The van der Waals surface area contributed by atoms with Crippen molar-refractivity contribution in [3.8, 4) is 0 Å². The van der Waals surface area contributed by atoms with Gasteiger partial charge in [0.05, 0.1) is 19.5 Å². The fraction of sp³-hybridized carbons (Fsp3) is 0.654. The maximum Gasteiger partial charge on any atom is 0.260 e. The summed E-state index contributed by atoms with van der Waals surface area (Å²) in [7, 11) is 0. The van der Waals surface area contributed by atoms with Gasteiger partial charge in [0, 0.05) is 0 Å². The molecule has 156 valence electrons. The Kier molecular flexibility index (Phi) is 11.7. The summed E-state index contributed by atoms with van der Waals surface area (Å²) in [5.41, 5.74) is 1.42. The summed E-state index contributed by atoms with van der Waals surface area (Å²) in [5, 5.41) is 0. The summed E-state index contributed by atoms with van der Waals surface area (Å²) in [5.74, 6) is 1.48. The monoisotopic (exact) mass is 383 g/mol. The van der Waals surface area contributed by atoms with Crippen molar-refractivity contribution in [1.82, 2.24) is 4.57 Å². The molecule has 28 heavy (non-hydrogen) atoms. The third-order valence-corrected chi connectivity index (χ3v) is 5.80. The van der Waals surface area contributed by atoms with Crippen molar-refractivity contribution in [2.24, 2.45) is 0 Å². The Bertz CT molecular complexity index is 615. The normalized spacial score (nSPS) is 11.2. The molecule has 0 spiro atoms. The predicted octanol–water partition coefficient (Wildman–Crippen LogP) is 7.09. The maximum absolute atomic E-state index is 2.52. The Balaban J connectivity index is 1.89. The molecule has 0 fully saturated rings. The van der Waals surface area contributed by atoms with Crippen LogP contribution < -0.4 is 4.57 Å². The number of hydrogen-bond donors (Lipinski definition) is 0. The number of benzene rings is 1. The van der Waals surface area contributed by atoms with E-state index in [0.717, 1.165) is 13.0 Å². The van der Waals surface area contributed by atoms with E-state index in [1.165, 1.54) is 95.0 Å². The van der Waals surface area contributed by atoms with Gasteiger partial charge in [0.25, 0.3) is 5.82 Å². The van der Waals surface area contributed by atoms with E-state index in [9.17, 15) is 0 Å². The lowest BCUT2D eigenvalue weighted by molar-refractivity contribution is -0.703. The van der Waals surface area contributed by atoms with E-state index in [4.69, 9.17) is 0 Å². The van der Waals surface area contributed by atoms with Gasteiger partial charge in [0.2, 0.25) is 0 Å². The average Bonchev–Trinajstić information content (AvgIpc) is 3.09. The highest BCUT2D eigenvalue weighted by molar-refractivity contribution is 5.18. The zero-order valence-electron chi connectivity index (χ0n) is 18.5. The number of rotatable bonds is 16. The van der Waals surface area contributed by atoms with E-state index in [1.807, 2.05) is 0 Å². The fourth-order valence-corrected chi connectivity index (χ4v) is 4.01. The minimum Gasteiger partial charge on any atom is -0.234 e. The molecule has 2 nitrogen and oxygen atoms in total. The highest BCUT2D eigenvalue weighted by Crippen LogP contribution is 2.12. The SMILES string of the molecule is CCCCCCCCCn1cc[n+](CCCCCCC)c1Cc1ccccc1. The van der Waals surface area contributed by atoms with E-state index in [-0.39, 0.29) is 0 Å². The molecule has 0 atom stereocenters. The van der Waals surface area contributed by atoms with E-state index >= 15 is 0 Å². The summed E-state index contributed by atoms with van der Waals surface area (Å²) < 4.78 is 5.03. The Hall–Kier alpha value is -1.57. The van der Waals surface area contributed by atoms with Gasteiger partial charge in [-0.3, -0.25) is 0 Å². The van der Waals surface area contributed by atoms with Crippen LogP contribution in [0.15, 0.2) is 42.7 Å². The molecular weight excluding hydrogens is 340 g/mol. The van der Waals surface area contributed by atoms with Gasteiger partial charge in [-0.2, -0.15) is 0 Å². The van der Waals surface area contributed by atoms with Crippen molar-refractivity contribution in [2.75, 3.05) is 0 Å². The number of imidazole rings is 1. The molecular formula is C26H43N2+. The van der Waals surface area contributed by atoms with Crippen LogP contribution in [0.2, 0.25) is 0 Å². The third kappa shape index (κ3) is 8.63. The molecule has 1 aromatic carbocycles. The quantitative estimate of drug-likeness (QED) is 0.216. The summed E-state index contributed by atoms with van der Waals surface area (Å²) in [6.07, 6.45) is 22.0. The van der Waals surface area contributed by atoms with Crippen LogP contribution in [-0.4, -0.2) is 4.57 Å². The molecule has 0 saturated heterocycles. The third-order valence-electron chi connectivity index (χ3n) is 5.80. The lowest BCUT2D eigenvalue weighted by Gasteiger charge is -2.07. The predicted molar refractivity (Wildman–Crippen MR) is 121 cm³/mol. The first kappa shape index (κ1) is 22.7. The van der Waals surface area contributed by atoms with Crippen LogP contribution >= 0.6 is 0 Å². The van der Waals surface area contributed by atoms with Crippen LogP contribution in [0, 0.1) is 0 Å². The second-order valence-corrected chi connectivity index (χ2v) is 8.30. The van der Waals surface area contributed by atoms with E-state index in [0.29, 0.717) is 0 Å². The lowest BCUT2D eigenvalue weighted by Crippen LogP contribution is -2.37. The van der Waals surface area contributed by atoms with Crippen molar-refractivity contribution in [3.63, 3.8) is 0 Å². The van der Waals surface area contributed by atoms with Gasteiger partial charge in [-0.05, 0) is 31.2 Å². The standard InChI is InChI=1S/C26H43N2/c1-3-5-7-9-10-12-17-21-28-23-22-27(20-16-11-8-6-4-2)26(28)24-25-18-14-13-15-19-25/h13-15,18-19,22-23H,3-12,16-17,20-21,24H2,1-2H3/q+1. The fourth-order valence-electron chi connectivity index (χ4n) is 4.01. The zero-order valence-corrected chi connectivity index (χ0v) is 18.5. The first-order valence-corrected chi connectivity index (χ1v) is 12.0. The topological polar surface area (TPSA) is 8.81 Å². The molecule has 0 aliphatic rings. The van der Waals surface area contributed by atoms with Gasteiger partial charge in [-0.25, -0.2) is 9.13 Å². The van der Waals surface area contributed by atoms with Crippen molar-refractivity contribution < 1.29 is 4.57 Å². The molecule has 0 amide bonds. The molecule has 1 aromatic heterocycles. The van der Waals surface area contributed by atoms with Gasteiger partial charge < -0.3 is 0 Å². The van der Waals surface area contributed by atoms with Crippen LogP contribution in [0.25, 0.3) is 0 Å². The molecule has 0 N–H and O–H groups in total. The average molecular weight is 384 g/mol. The Morgan fingerprint density at radius 1 is 0.714 bits per heavy atom. The molecule has 2 rings (SSSR count). The largest absolute Gasteiger partial charge is 0.260 e. The number of nitrogens with zero attached hydrogens (tertiary/aromatic N) is 2. The van der Waals surface area contributed by atoms with Crippen molar-refractivity contribution >= 4 is 0 Å². The van der Waals surface area contributed by atoms with Crippen molar-refractivity contribution in [3.05, 3.63) is 54.1 Å². The highest BCUT2D eigenvalue weighted by Gasteiger charge is 2.17. The van der Waals surface area contributed by atoms with Crippen LogP contribution in [-0.2, 0) is 19.5 Å². The second kappa shape index (κ2) is 14.4. The van der Waals surface area contributed by atoms with Gasteiger partial charge in [0.1, 0.15) is 12.4 Å². The van der Waals surface area contributed by atoms with E-state index in [2.05, 4.69) is 65.7 Å². The van der Waals surface area contributed by atoms with Crippen molar-refractivity contribution in [2.45, 2.75) is 110 Å². The highest BCUT2D eigenvalue weighted by atomic mass is 15.1. The second-order valence-electron chi connectivity index (χ2n) is 8.30. The van der Waals surface area contributed by atoms with Crippen LogP contribution in [0.5, 0.6) is 0 Å². The number of unbranched alkanes of at least 4 members (excludes halogenated alkanes) is 10. The molecule has 0 radical (unpaired) electrons. The molecule has 1 heterocycles. The Labute approximate surface area is 174 Å². The first-order chi connectivity index (χ1) is 13.8. The summed E-state index contributed by atoms with van der Waals surface area (Å²) in [6.45, 7) is 6.91. The van der Waals surface area contributed by atoms with Crippen LogP contribution in [0.3, 0.4) is 0 Å². The minimum absolute atomic E-state index is 1.04. The Morgan fingerprint density at radius 3 is 2.00 bits per heavy atom. The molecule has 0 aliphatic carbocycles. The van der Waals surface area contributed by atoms with Gasteiger partial charge >= 0.3 is 0 Å². The zero-order chi connectivity index (χ0) is 19.9. The molecule has 0 saturated carbocycles. The molecule has 0 bridgehead atoms. The first-order valence-electron chi connectivity index (χ1n) is 12.0. The van der Waals surface area contributed by atoms with Gasteiger partial charge in [0.15, 0.2) is 0 Å². The van der Waals surface area contributed by atoms with Crippen LogP contribution in [0.1, 0.15) is 102 Å². The molecule has 0 unspecified atom stereocenters. The summed E-state index contributed by atoms with van der Waals surface area (Å²) >= 11 is 0. The molecule has 2 heteroatoms. The number of hydrogen-bond acceptors (Lipinski definition) is 0. The van der Waals surface area contributed by atoms with E-state index in [1.54, 1.807) is 0 Å². The van der Waals surface area contributed by atoms with Crippen molar-refractivity contribution in [1.29, 1.82) is 0 Å². The molecule has 2 aromatic rings.